The molecule has 2 aromatic heterocycles. The highest BCUT2D eigenvalue weighted by atomic mass is 15.0. The van der Waals surface area contributed by atoms with E-state index in [0.29, 0.717) is 11.1 Å². The van der Waals surface area contributed by atoms with Gasteiger partial charge in [-0.2, -0.15) is 10.5 Å². The summed E-state index contributed by atoms with van der Waals surface area (Å²) in [4.78, 5) is 0. The molecule has 4 nitrogen and oxygen atoms in total. The molecule has 0 atom stereocenters. The fourth-order valence-corrected chi connectivity index (χ4v) is 9.67. The van der Waals surface area contributed by atoms with Crippen LogP contribution in [0.3, 0.4) is 0 Å². The molecular weight excluding hydrogens is 765 g/mol. The van der Waals surface area contributed by atoms with Crippen molar-refractivity contribution >= 4 is 43.6 Å². The lowest BCUT2D eigenvalue weighted by molar-refractivity contribution is 1.17. The minimum atomic E-state index is 0.574. The average Bonchev–Trinajstić information content (AvgIpc) is 3.83. The van der Waals surface area contributed by atoms with Crippen LogP contribution < -0.4 is 0 Å². The number of fused-ring (bicyclic) bond motifs is 6. The SMILES string of the molecule is Cc1cccc(-c2ccc3c(c2)c2ccccc2n3-c2ccc(-c3ccc(C#N)cc3C)c(-c3cc(C#N)ccc3-n3c4ccccc4c4cc(-c5cccc(C)c5)ccc43)c2)c1. The zero-order chi connectivity index (χ0) is 42.8. The summed E-state index contributed by atoms with van der Waals surface area (Å²) in [6.07, 6.45) is 0. The number of para-hydroxylation sites is 2. The summed E-state index contributed by atoms with van der Waals surface area (Å²) in [6, 6.07) is 71.6. The zero-order valence-electron chi connectivity index (χ0n) is 35.2. The summed E-state index contributed by atoms with van der Waals surface area (Å²) in [5.74, 6) is 0. The van der Waals surface area contributed by atoms with Gasteiger partial charge < -0.3 is 9.13 Å². The quantitative estimate of drug-likeness (QED) is 0.168. The van der Waals surface area contributed by atoms with Gasteiger partial charge >= 0.3 is 0 Å². The number of hydrogen-bond donors (Lipinski definition) is 0. The first-order chi connectivity index (χ1) is 30.9. The molecule has 0 N–H and O–H groups in total. The first-order valence-corrected chi connectivity index (χ1v) is 21.3. The van der Waals surface area contributed by atoms with E-state index in [1.807, 2.05) is 24.3 Å². The molecule has 0 radical (unpaired) electrons. The molecule has 0 saturated heterocycles. The van der Waals surface area contributed by atoms with Gasteiger partial charge in [-0.1, -0.05) is 120 Å². The lowest BCUT2D eigenvalue weighted by Gasteiger charge is -2.20. The van der Waals surface area contributed by atoms with E-state index in [1.54, 1.807) is 0 Å². The summed E-state index contributed by atoms with van der Waals surface area (Å²) in [5.41, 5.74) is 19.7. The van der Waals surface area contributed by atoms with E-state index < -0.39 is 0 Å². The Kier molecular flexibility index (Phi) is 8.90. The smallest absolute Gasteiger partial charge is 0.0991 e. The summed E-state index contributed by atoms with van der Waals surface area (Å²) in [6.45, 7) is 6.33. The van der Waals surface area contributed by atoms with Crippen LogP contribution in [-0.4, -0.2) is 9.13 Å². The second-order valence-electron chi connectivity index (χ2n) is 16.6. The van der Waals surface area contributed by atoms with Gasteiger partial charge in [0.15, 0.2) is 0 Å². The third-order valence-electron chi connectivity index (χ3n) is 12.6. The highest BCUT2D eigenvalue weighted by molar-refractivity contribution is 6.12. The van der Waals surface area contributed by atoms with Crippen molar-refractivity contribution in [2.75, 3.05) is 0 Å². The number of aryl methyl sites for hydroxylation is 3. The Labute approximate surface area is 366 Å². The van der Waals surface area contributed by atoms with Crippen LogP contribution in [0.15, 0.2) is 188 Å². The molecule has 2 heterocycles. The Morgan fingerprint density at radius 2 is 0.873 bits per heavy atom. The lowest BCUT2D eigenvalue weighted by atomic mass is 9.89. The van der Waals surface area contributed by atoms with Crippen LogP contribution in [0.4, 0.5) is 0 Å². The van der Waals surface area contributed by atoms with E-state index in [4.69, 9.17) is 0 Å². The first-order valence-electron chi connectivity index (χ1n) is 21.3. The van der Waals surface area contributed by atoms with Gasteiger partial charge in [0, 0.05) is 32.8 Å². The van der Waals surface area contributed by atoms with Crippen molar-refractivity contribution in [1.82, 2.24) is 9.13 Å². The predicted molar refractivity (Wildman–Crippen MR) is 261 cm³/mol. The summed E-state index contributed by atoms with van der Waals surface area (Å²) < 4.78 is 4.72. The summed E-state index contributed by atoms with van der Waals surface area (Å²) >= 11 is 0. The van der Waals surface area contributed by atoms with Crippen molar-refractivity contribution in [2.24, 2.45) is 0 Å². The van der Waals surface area contributed by atoms with Gasteiger partial charge in [-0.25, -0.2) is 0 Å². The van der Waals surface area contributed by atoms with Gasteiger partial charge in [-0.05, 0) is 144 Å². The summed E-state index contributed by atoms with van der Waals surface area (Å²) in [5, 5.41) is 25.0. The van der Waals surface area contributed by atoms with Gasteiger partial charge in [-0.15, -0.1) is 0 Å². The van der Waals surface area contributed by atoms with E-state index in [1.165, 1.54) is 38.6 Å². The van der Waals surface area contributed by atoms with E-state index in [-0.39, 0.29) is 0 Å². The van der Waals surface area contributed by atoms with E-state index >= 15 is 0 Å². The van der Waals surface area contributed by atoms with Crippen LogP contribution in [0.2, 0.25) is 0 Å². The normalized spacial score (nSPS) is 11.4. The third-order valence-corrected chi connectivity index (χ3v) is 12.6. The number of hydrogen-bond acceptors (Lipinski definition) is 2. The predicted octanol–water partition coefficient (Wildman–Crippen LogP) is 15.2. The van der Waals surface area contributed by atoms with Gasteiger partial charge in [0.05, 0.1) is 51.0 Å². The van der Waals surface area contributed by atoms with Crippen LogP contribution >= 0.6 is 0 Å². The Morgan fingerprint density at radius 3 is 1.48 bits per heavy atom. The lowest BCUT2D eigenvalue weighted by Crippen LogP contribution is -2.01. The van der Waals surface area contributed by atoms with Gasteiger partial charge in [-0.3, -0.25) is 0 Å². The molecule has 0 saturated carbocycles. The maximum atomic E-state index is 10.5. The molecule has 9 aromatic carbocycles. The first kappa shape index (κ1) is 37.6. The van der Waals surface area contributed by atoms with Crippen LogP contribution in [0.5, 0.6) is 0 Å². The molecule has 0 aliphatic carbocycles. The van der Waals surface area contributed by atoms with E-state index in [9.17, 15) is 10.5 Å². The molecule has 11 rings (SSSR count). The molecule has 0 bridgehead atoms. The van der Waals surface area contributed by atoms with Crippen molar-refractivity contribution in [3.63, 3.8) is 0 Å². The van der Waals surface area contributed by atoms with Gasteiger partial charge in [0.2, 0.25) is 0 Å². The Bertz CT molecular complexity index is 3750. The van der Waals surface area contributed by atoms with Crippen molar-refractivity contribution in [1.29, 1.82) is 10.5 Å². The maximum Gasteiger partial charge on any atom is 0.0991 e. The third kappa shape index (κ3) is 6.28. The minimum Gasteiger partial charge on any atom is -0.309 e. The van der Waals surface area contributed by atoms with Gasteiger partial charge in [0.25, 0.3) is 0 Å². The highest BCUT2D eigenvalue weighted by Crippen LogP contribution is 2.44. The highest BCUT2D eigenvalue weighted by Gasteiger charge is 2.22. The van der Waals surface area contributed by atoms with Gasteiger partial charge in [0.1, 0.15) is 0 Å². The molecular formula is C59H40N4. The Hall–Kier alpha value is -8.44. The number of aromatic nitrogens is 2. The maximum absolute atomic E-state index is 10.5. The van der Waals surface area contributed by atoms with Crippen molar-refractivity contribution in [2.45, 2.75) is 20.8 Å². The molecule has 296 valence electrons. The number of benzene rings is 9. The molecule has 0 aliphatic heterocycles. The molecule has 0 amide bonds. The number of nitrogens with zero attached hydrogens (tertiary/aromatic N) is 4. The monoisotopic (exact) mass is 804 g/mol. The fraction of sp³-hybridized carbons (Fsp3) is 0.0508. The standard InChI is InChI=1S/C59H40N4/c1-37-10-8-12-42(28-37)44-20-26-57-53(32-44)49-14-4-6-16-55(49)62(57)46-22-24-48(47-23-18-40(35-60)30-39(47)3)51(34-46)52-31-41(36-61)19-25-58(52)63-56-17-7-5-15-50(56)54-33-45(21-27-59(54)63)43-13-9-11-38(2)29-43/h4-34H,1-3H3. The Morgan fingerprint density at radius 1 is 0.349 bits per heavy atom. The molecule has 4 heteroatoms. The van der Waals surface area contributed by atoms with Crippen LogP contribution in [0, 0.1) is 43.4 Å². The topological polar surface area (TPSA) is 57.4 Å². The van der Waals surface area contributed by atoms with E-state index in [0.717, 1.165) is 77.6 Å². The second kappa shape index (κ2) is 14.9. The molecule has 11 aromatic rings. The molecule has 63 heavy (non-hydrogen) atoms. The Balaban J connectivity index is 1.19. The molecule has 0 aliphatic rings. The van der Waals surface area contributed by atoms with Crippen LogP contribution in [-0.2, 0) is 0 Å². The summed E-state index contributed by atoms with van der Waals surface area (Å²) in [7, 11) is 0. The molecule has 0 fully saturated rings. The molecule has 0 unspecified atom stereocenters. The fourth-order valence-electron chi connectivity index (χ4n) is 9.67. The van der Waals surface area contributed by atoms with Crippen LogP contribution in [0.25, 0.3) is 99.5 Å². The number of rotatable bonds is 6. The zero-order valence-corrected chi connectivity index (χ0v) is 35.2. The average molecular weight is 805 g/mol. The van der Waals surface area contributed by atoms with Crippen LogP contribution in [0.1, 0.15) is 27.8 Å². The van der Waals surface area contributed by atoms with Crippen molar-refractivity contribution in [3.05, 3.63) is 216 Å². The number of nitriles is 2. The van der Waals surface area contributed by atoms with Crippen molar-refractivity contribution in [3.8, 4) is 68.0 Å². The largest absolute Gasteiger partial charge is 0.309 e. The van der Waals surface area contributed by atoms with Crippen molar-refractivity contribution < 1.29 is 0 Å². The molecule has 0 spiro atoms. The second-order valence-corrected chi connectivity index (χ2v) is 16.6. The minimum absolute atomic E-state index is 0.574. The van der Waals surface area contributed by atoms with E-state index in [2.05, 4.69) is 206 Å².